The van der Waals surface area contributed by atoms with Crippen LogP contribution in [0.1, 0.15) is 18.3 Å². The topological polar surface area (TPSA) is 73.1 Å². The molecular weight excluding hydrogens is 308 g/mol. The molecule has 19 heavy (non-hydrogen) atoms. The van der Waals surface area contributed by atoms with Gasteiger partial charge in [0, 0.05) is 17.0 Å². The van der Waals surface area contributed by atoms with Gasteiger partial charge in [-0.05, 0) is 30.7 Å². The number of nitrogen functional groups attached to an aromatic ring is 1. The third kappa shape index (κ3) is 3.42. The van der Waals surface area contributed by atoms with E-state index in [-0.39, 0.29) is 0 Å². The molecule has 1 aromatic heterocycles. The molecule has 3 N–H and O–H groups in total. The normalized spacial score (nSPS) is 10.3. The van der Waals surface area contributed by atoms with Gasteiger partial charge >= 0.3 is 0 Å². The van der Waals surface area contributed by atoms with Crippen molar-refractivity contribution in [2.75, 3.05) is 5.43 Å². The first-order valence-electron chi connectivity index (χ1n) is 5.91. The number of nitrogens with two attached hydrogens (primary N) is 1. The van der Waals surface area contributed by atoms with E-state index in [1.807, 2.05) is 32.0 Å². The van der Waals surface area contributed by atoms with Gasteiger partial charge in [0.15, 0.2) is 0 Å². The molecule has 0 amide bonds. The van der Waals surface area contributed by atoms with Crippen LogP contribution in [0.2, 0.25) is 0 Å². The fourth-order valence-electron chi connectivity index (χ4n) is 1.60. The Balaban J connectivity index is 2.31. The van der Waals surface area contributed by atoms with Crippen LogP contribution in [-0.2, 0) is 6.42 Å². The molecule has 1 heterocycles. The van der Waals surface area contributed by atoms with Crippen molar-refractivity contribution in [2.24, 2.45) is 5.84 Å². The van der Waals surface area contributed by atoms with Crippen molar-refractivity contribution in [1.29, 1.82) is 0 Å². The van der Waals surface area contributed by atoms with Crippen LogP contribution in [0.15, 0.2) is 28.7 Å². The summed E-state index contributed by atoms with van der Waals surface area (Å²) in [6.07, 6.45) is 0.713. The number of hydrazine groups is 1. The zero-order valence-corrected chi connectivity index (χ0v) is 12.4. The highest BCUT2D eigenvalue weighted by molar-refractivity contribution is 9.10. The van der Waals surface area contributed by atoms with Gasteiger partial charge in [-0.1, -0.05) is 22.9 Å². The first kappa shape index (κ1) is 13.8. The molecule has 0 aliphatic heterocycles. The Morgan fingerprint density at radius 1 is 1.32 bits per heavy atom. The first-order chi connectivity index (χ1) is 9.12. The van der Waals surface area contributed by atoms with Crippen LogP contribution in [0.5, 0.6) is 11.6 Å². The van der Waals surface area contributed by atoms with E-state index in [1.54, 1.807) is 6.07 Å². The maximum absolute atomic E-state index is 5.78. The van der Waals surface area contributed by atoms with Gasteiger partial charge in [-0.25, -0.2) is 10.8 Å². The summed E-state index contributed by atoms with van der Waals surface area (Å²) >= 11 is 3.42. The molecule has 0 fully saturated rings. The quantitative estimate of drug-likeness (QED) is 0.668. The molecule has 6 heteroatoms. The van der Waals surface area contributed by atoms with E-state index in [1.165, 1.54) is 0 Å². The third-order valence-electron chi connectivity index (χ3n) is 2.56. The Labute approximate surface area is 120 Å². The molecule has 0 unspecified atom stereocenters. The predicted molar refractivity (Wildman–Crippen MR) is 78.2 cm³/mol. The number of hydrogen-bond acceptors (Lipinski definition) is 5. The Hall–Kier alpha value is -1.66. The van der Waals surface area contributed by atoms with Crippen molar-refractivity contribution in [1.82, 2.24) is 9.97 Å². The molecule has 0 atom stereocenters. The largest absolute Gasteiger partial charge is 0.439 e. The standard InChI is InChI=1S/C13H15BrN4O/c1-3-11-16-12(18-15)7-13(17-11)19-10-5-4-9(14)6-8(10)2/h4-7H,3,15H2,1-2H3,(H,16,17,18). The summed E-state index contributed by atoms with van der Waals surface area (Å²) in [7, 11) is 0. The smallest absolute Gasteiger partial charge is 0.224 e. The van der Waals surface area contributed by atoms with E-state index in [4.69, 9.17) is 10.6 Å². The molecule has 0 radical (unpaired) electrons. The zero-order valence-electron chi connectivity index (χ0n) is 10.8. The van der Waals surface area contributed by atoms with Crippen LogP contribution in [0.25, 0.3) is 0 Å². The second-order valence-corrected chi connectivity index (χ2v) is 4.93. The van der Waals surface area contributed by atoms with Crippen LogP contribution in [-0.4, -0.2) is 9.97 Å². The third-order valence-corrected chi connectivity index (χ3v) is 3.06. The van der Waals surface area contributed by atoms with E-state index in [2.05, 4.69) is 31.3 Å². The number of nitrogens with one attached hydrogen (secondary N) is 1. The van der Waals surface area contributed by atoms with Crippen LogP contribution < -0.4 is 16.0 Å². The minimum Gasteiger partial charge on any atom is -0.439 e. The molecule has 0 saturated heterocycles. The second-order valence-electron chi connectivity index (χ2n) is 4.02. The van der Waals surface area contributed by atoms with Gasteiger partial charge in [0.1, 0.15) is 17.4 Å². The second kappa shape index (κ2) is 5.99. The summed E-state index contributed by atoms with van der Waals surface area (Å²) in [6.45, 7) is 3.95. The van der Waals surface area contributed by atoms with Crippen LogP contribution in [0, 0.1) is 6.92 Å². The minimum atomic E-state index is 0.477. The summed E-state index contributed by atoms with van der Waals surface area (Å²) in [6, 6.07) is 7.47. The molecule has 0 aliphatic carbocycles. The van der Waals surface area contributed by atoms with Gasteiger partial charge in [0.2, 0.25) is 5.88 Å². The van der Waals surface area contributed by atoms with Gasteiger partial charge in [-0.15, -0.1) is 0 Å². The highest BCUT2D eigenvalue weighted by atomic mass is 79.9. The molecule has 0 spiro atoms. The summed E-state index contributed by atoms with van der Waals surface area (Å²) in [4.78, 5) is 8.53. The SMILES string of the molecule is CCc1nc(NN)cc(Oc2ccc(Br)cc2C)n1. The number of aromatic nitrogens is 2. The van der Waals surface area contributed by atoms with Gasteiger partial charge in [-0.2, -0.15) is 4.98 Å². The minimum absolute atomic E-state index is 0.477. The Morgan fingerprint density at radius 3 is 2.74 bits per heavy atom. The summed E-state index contributed by atoms with van der Waals surface area (Å²) < 4.78 is 6.79. The molecule has 2 aromatic rings. The van der Waals surface area contributed by atoms with E-state index in [0.717, 1.165) is 15.8 Å². The molecule has 2 rings (SSSR count). The lowest BCUT2D eigenvalue weighted by molar-refractivity contribution is 0.455. The van der Waals surface area contributed by atoms with Crippen molar-refractivity contribution >= 4 is 21.7 Å². The summed E-state index contributed by atoms with van der Waals surface area (Å²) in [5.74, 6) is 7.84. The summed E-state index contributed by atoms with van der Waals surface area (Å²) in [5.41, 5.74) is 3.53. The number of aryl methyl sites for hydroxylation is 2. The molecule has 0 saturated carbocycles. The number of ether oxygens (including phenoxy) is 1. The number of rotatable bonds is 4. The van der Waals surface area contributed by atoms with Gasteiger partial charge in [0.25, 0.3) is 0 Å². The molecular formula is C13H15BrN4O. The average molecular weight is 323 g/mol. The monoisotopic (exact) mass is 322 g/mol. The van der Waals surface area contributed by atoms with Crippen molar-refractivity contribution < 1.29 is 4.74 Å². The maximum atomic E-state index is 5.78. The fraction of sp³-hybridized carbons (Fsp3) is 0.231. The van der Waals surface area contributed by atoms with E-state index < -0.39 is 0 Å². The maximum Gasteiger partial charge on any atom is 0.224 e. The van der Waals surface area contributed by atoms with E-state index in [9.17, 15) is 0 Å². The lowest BCUT2D eigenvalue weighted by Gasteiger charge is -2.10. The molecule has 0 aliphatic rings. The average Bonchev–Trinajstić information content (AvgIpc) is 2.41. The highest BCUT2D eigenvalue weighted by Crippen LogP contribution is 2.27. The number of nitrogens with zero attached hydrogens (tertiary/aromatic N) is 2. The molecule has 1 aromatic carbocycles. The molecule has 100 valence electrons. The van der Waals surface area contributed by atoms with Crippen molar-refractivity contribution in [3.63, 3.8) is 0 Å². The molecule has 0 bridgehead atoms. The number of halogens is 1. The van der Waals surface area contributed by atoms with Crippen LogP contribution in [0.4, 0.5) is 5.82 Å². The highest BCUT2D eigenvalue weighted by Gasteiger charge is 2.07. The Kier molecular flexibility index (Phi) is 4.34. The van der Waals surface area contributed by atoms with E-state index >= 15 is 0 Å². The van der Waals surface area contributed by atoms with Crippen molar-refractivity contribution in [3.8, 4) is 11.6 Å². The zero-order chi connectivity index (χ0) is 13.8. The Bertz CT molecular complexity index is 567. The number of anilines is 1. The van der Waals surface area contributed by atoms with Gasteiger partial charge in [-0.3, -0.25) is 0 Å². The number of hydrogen-bond donors (Lipinski definition) is 2. The van der Waals surface area contributed by atoms with Crippen LogP contribution in [0.3, 0.4) is 0 Å². The lowest BCUT2D eigenvalue weighted by Crippen LogP contribution is -2.10. The van der Waals surface area contributed by atoms with Gasteiger partial charge in [0.05, 0.1) is 0 Å². The number of benzene rings is 1. The van der Waals surface area contributed by atoms with Crippen molar-refractivity contribution in [3.05, 3.63) is 40.1 Å². The van der Waals surface area contributed by atoms with Crippen LogP contribution >= 0.6 is 15.9 Å². The molecule has 5 nitrogen and oxygen atoms in total. The fourth-order valence-corrected chi connectivity index (χ4v) is 2.07. The van der Waals surface area contributed by atoms with Crippen molar-refractivity contribution in [2.45, 2.75) is 20.3 Å². The van der Waals surface area contributed by atoms with E-state index in [0.29, 0.717) is 23.9 Å². The lowest BCUT2D eigenvalue weighted by atomic mass is 10.2. The predicted octanol–water partition coefficient (Wildman–Crippen LogP) is 3.19. The first-order valence-corrected chi connectivity index (χ1v) is 6.70. The Morgan fingerprint density at radius 2 is 2.11 bits per heavy atom. The summed E-state index contributed by atoms with van der Waals surface area (Å²) in [5, 5.41) is 0. The van der Waals surface area contributed by atoms with Gasteiger partial charge < -0.3 is 10.2 Å².